The van der Waals surface area contributed by atoms with Crippen molar-refractivity contribution in [1.82, 2.24) is 9.78 Å². The second-order valence-electron chi connectivity index (χ2n) is 4.19. The number of primary amides is 1. The van der Waals surface area contributed by atoms with Gasteiger partial charge in [0.15, 0.2) is 0 Å². The minimum atomic E-state index is -0.546. The normalized spacial score (nSPS) is 14.2. The number of carbonyl (C=O) groups is 1. The Bertz CT molecular complexity index is 590. The van der Waals surface area contributed by atoms with Gasteiger partial charge in [0.25, 0.3) is 0 Å². The Kier molecular flexibility index (Phi) is 2.60. The zero-order valence-corrected chi connectivity index (χ0v) is 9.80. The summed E-state index contributed by atoms with van der Waals surface area (Å²) in [7, 11) is 0. The average molecular weight is 243 g/mol. The van der Waals surface area contributed by atoms with Gasteiger partial charge < -0.3 is 10.5 Å². The second-order valence-corrected chi connectivity index (χ2v) is 4.19. The first-order chi connectivity index (χ1) is 8.77. The number of hydrogen-bond donors (Lipinski definition) is 1. The quantitative estimate of drug-likeness (QED) is 0.826. The highest BCUT2D eigenvalue weighted by atomic mass is 16.5. The summed E-state index contributed by atoms with van der Waals surface area (Å²) < 4.78 is 6.74. The highest BCUT2D eigenvalue weighted by Gasteiger charge is 2.23. The number of aromatic nitrogens is 2. The molecule has 0 saturated carbocycles. The summed E-state index contributed by atoms with van der Waals surface area (Å²) in [6.45, 7) is 1.08. The fourth-order valence-electron chi connectivity index (χ4n) is 2.25. The third-order valence-corrected chi connectivity index (χ3v) is 3.08. The molecule has 0 aliphatic carbocycles. The molecule has 0 saturated heterocycles. The third-order valence-electron chi connectivity index (χ3n) is 3.08. The van der Waals surface area contributed by atoms with Crippen LogP contribution in [0.5, 0.6) is 0 Å². The number of rotatable bonds is 1. The van der Waals surface area contributed by atoms with Gasteiger partial charge in [-0.2, -0.15) is 9.78 Å². The van der Waals surface area contributed by atoms with Crippen LogP contribution in [0.4, 0.5) is 4.79 Å². The molecule has 0 fully saturated rings. The van der Waals surface area contributed by atoms with E-state index >= 15 is 0 Å². The van der Waals surface area contributed by atoms with Crippen molar-refractivity contribution >= 4 is 6.03 Å². The van der Waals surface area contributed by atoms with Crippen molar-refractivity contribution in [2.45, 2.75) is 13.0 Å². The van der Waals surface area contributed by atoms with E-state index in [0.717, 1.165) is 22.5 Å². The predicted octanol–water partition coefficient (Wildman–Crippen LogP) is 1.55. The van der Waals surface area contributed by atoms with Crippen molar-refractivity contribution < 1.29 is 9.53 Å². The van der Waals surface area contributed by atoms with Crippen LogP contribution in [0.1, 0.15) is 11.3 Å². The lowest BCUT2D eigenvalue weighted by Crippen LogP contribution is -2.25. The molecule has 1 amide bonds. The van der Waals surface area contributed by atoms with Crippen LogP contribution in [0.3, 0.4) is 0 Å². The lowest BCUT2D eigenvalue weighted by molar-refractivity contribution is 0.109. The molecule has 0 radical (unpaired) electrons. The molecule has 0 unspecified atom stereocenters. The standard InChI is InChI=1S/C13H13N3O2/c14-13(17)16-11-6-7-18-8-10(11)12(15-16)9-4-2-1-3-5-9/h1-5H,6-8H2,(H2,14,17). The van der Waals surface area contributed by atoms with E-state index in [1.54, 1.807) is 0 Å². The fourth-order valence-corrected chi connectivity index (χ4v) is 2.25. The Morgan fingerprint density at radius 1 is 1.33 bits per heavy atom. The monoisotopic (exact) mass is 243 g/mol. The number of benzene rings is 1. The Morgan fingerprint density at radius 2 is 2.11 bits per heavy atom. The van der Waals surface area contributed by atoms with Crippen molar-refractivity contribution in [1.29, 1.82) is 0 Å². The first-order valence-corrected chi connectivity index (χ1v) is 5.81. The Balaban J connectivity index is 2.18. The van der Waals surface area contributed by atoms with E-state index in [1.165, 1.54) is 4.68 Å². The van der Waals surface area contributed by atoms with Gasteiger partial charge in [0.1, 0.15) is 0 Å². The molecule has 1 aromatic carbocycles. The molecule has 92 valence electrons. The largest absolute Gasteiger partial charge is 0.376 e. The average Bonchev–Trinajstić information content (AvgIpc) is 2.79. The van der Waals surface area contributed by atoms with Crippen LogP contribution in [0.15, 0.2) is 30.3 Å². The summed E-state index contributed by atoms with van der Waals surface area (Å²) >= 11 is 0. The number of nitrogens with two attached hydrogens (primary N) is 1. The number of ether oxygens (including phenoxy) is 1. The first kappa shape index (κ1) is 11.0. The second kappa shape index (κ2) is 4.27. The van der Waals surface area contributed by atoms with Crippen LogP contribution in [0, 0.1) is 0 Å². The maximum atomic E-state index is 11.4. The highest BCUT2D eigenvalue weighted by molar-refractivity contribution is 5.77. The topological polar surface area (TPSA) is 70.1 Å². The van der Waals surface area contributed by atoms with Crippen LogP contribution >= 0.6 is 0 Å². The van der Waals surface area contributed by atoms with Crippen molar-refractivity contribution in [2.24, 2.45) is 5.73 Å². The van der Waals surface area contributed by atoms with E-state index < -0.39 is 6.03 Å². The minimum Gasteiger partial charge on any atom is -0.376 e. The van der Waals surface area contributed by atoms with Gasteiger partial charge in [-0.25, -0.2) is 4.79 Å². The summed E-state index contributed by atoms with van der Waals surface area (Å²) in [5, 5.41) is 4.32. The molecule has 2 aromatic rings. The van der Waals surface area contributed by atoms with Crippen molar-refractivity contribution in [3.8, 4) is 11.3 Å². The Morgan fingerprint density at radius 3 is 2.83 bits per heavy atom. The minimum absolute atomic E-state index is 0.479. The van der Waals surface area contributed by atoms with Crippen LogP contribution < -0.4 is 5.73 Å². The summed E-state index contributed by atoms with van der Waals surface area (Å²) in [5.74, 6) is 0. The van der Waals surface area contributed by atoms with Crippen LogP contribution in [-0.4, -0.2) is 22.4 Å². The Labute approximate surface area is 104 Å². The summed E-state index contributed by atoms with van der Waals surface area (Å²) in [4.78, 5) is 11.4. The molecule has 5 nitrogen and oxygen atoms in total. The molecular formula is C13H13N3O2. The van der Waals surface area contributed by atoms with Gasteiger partial charge in [-0.1, -0.05) is 30.3 Å². The maximum absolute atomic E-state index is 11.4. The van der Waals surface area contributed by atoms with E-state index in [9.17, 15) is 4.79 Å². The van der Waals surface area contributed by atoms with Crippen LogP contribution in [0.2, 0.25) is 0 Å². The molecule has 2 heterocycles. The van der Waals surface area contributed by atoms with Gasteiger partial charge in [0.2, 0.25) is 0 Å². The molecular weight excluding hydrogens is 230 g/mol. The van der Waals surface area contributed by atoms with E-state index in [1.807, 2.05) is 30.3 Å². The van der Waals surface area contributed by atoms with E-state index in [4.69, 9.17) is 10.5 Å². The number of nitrogens with zero attached hydrogens (tertiary/aromatic N) is 2. The van der Waals surface area contributed by atoms with Crippen molar-refractivity contribution in [3.63, 3.8) is 0 Å². The van der Waals surface area contributed by atoms with Gasteiger partial charge in [0.05, 0.1) is 24.6 Å². The van der Waals surface area contributed by atoms with Gasteiger partial charge in [-0.15, -0.1) is 0 Å². The SMILES string of the molecule is NC(=O)n1nc(-c2ccccc2)c2c1CCOC2. The lowest BCUT2D eigenvalue weighted by Gasteiger charge is -2.13. The summed E-state index contributed by atoms with van der Waals surface area (Å²) in [6, 6.07) is 9.20. The summed E-state index contributed by atoms with van der Waals surface area (Å²) in [5.41, 5.74) is 8.94. The Hall–Kier alpha value is -2.14. The van der Waals surface area contributed by atoms with Gasteiger partial charge in [-0.3, -0.25) is 0 Å². The fraction of sp³-hybridized carbons (Fsp3) is 0.231. The van der Waals surface area contributed by atoms with Gasteiger partial charge in [0, 0.05) is 17.5 Å². The molecule has 0 spiro atoms. The first-order valence-electron chi connectivity index (χ1n) is 5.81. The van der Waals surface area contributed by atoms with E-state index in [2.05, 4.69) is 5.10 Å². The molecule has 1 aliphatic heterocycles. The van der Waals surface area contributed by atoms with Crippen molar-refractivity contribution in [3.05, 3.63) is 41.6 Å². The third kappa shape index (κ3) is 1.69. The van der Waals surface area contributed by atoms with Gasteiger partial charge in [-0.05, 0) is 0 Å². The highest BCUT2D eigenvalue weighted by Crippen LogP contribution is 2.28. The van der Waals surface area contributed by atoms with Crippen LogP contribution in [-0.2, 0) is 17.8 Å². The molecule has 1 aromatic heterocycles. The number of amides is 1. The molecule has 5 heteroatoms. The zero-order valence-electron chi connectivity index (χ0n) is 9.80. The molecule has 0 atom stereocenters. The maximum Gasteiger partial charge on any atom is 0.339 e. The number of hydrogen-bond acceptors (Lipinski definition) is 3. The molecule has 0 bridgehead atoms. The van der Waals surface area contributed by atoms with Crippen LogP contribution in [0.25, 0.3) is 11.3 Å². The van der Waals surface area contributed by atoms with E-state index in [0.29, 0.717) is 19.6 Å². The molecule has 18 heavy (non-hydrogen) atoms. The predicted molar refractivity (Wildman–Crippen MR) is 66.0 cm³/mol. The molecule has 2 N–H and O–H groups in total. The number of fused-ring (bicyclic) bond motifs is 1. The van der Waals surface area contributed by atoms with E-state index in [-0.39, 0.29) is 0 Å². The zero-order chi connectivity index (χ0) is 12.5. The molecule has 3 rings (SSSR count). The summed E-state index contributed by atoms with van der Waals surface area (Å²) in [6.07, 6.45) is 0.665. The van der Waals surface area contributed by atoms with Gasteiger partial charge >= 0.3 is 6.03 Å². The molecule has 1 aliphatic rings. The number of carbonyl (C=O) groups excluding carboxylic acids is 1. The smallest absolute Gasteiger partial charge is 0.339 e. The lowest BCUT2D eigenvalue weighted by atomic mass is 10.0. The van der Waals surface area contributed by atoms with Crippen molar-refractivity contribution in [2.75, 3.05) is 6.61 Å².